The number of hydrogen-bond donors (Lipinski definition) is 2. The Balaban J connectivity index is 1.80. The summed E-state index contributed by atoms with van der Waals surface area (Å²) in [5, 5.41) is 12.5. The number of nitrogens with one attached hydrogen (secondary N) is 1. The molecule has 4 heteroatoms. The van der Waals surface area contributed by atoms with Gasteiger partial charge in [0.15, 0.2) is 0 Å². The summed E-state index contributed by atoms with van der Waals surface area (Å²) < 4.78 is 5.48. The lowest BCUT2D eigenvalue weighted by atomic mass is 9.67. The van der Waals surface area contributed by atoms with Crippen molar-refractivity contribution >= 4 is 5.97 Å². The van der Waals surface area contributed by atoms with Gasteiger partial charge in [0.1, 0.15) is 0 Å². The highest BCUT2D eigenvalue weighted by Crippen LogP contribution is 2.43. The summed E-state index contributed by atoms with van der Waals surface area (Å²) in [7, 11) is 0. The van der Waals surface area contributed by atoms with Crippen molar-refractivity contribution in [2.24, 2.45) is 5.41 Å². The molecule has 1 aromatic carbocycles. The molecule has 2 N–H and O–H groups in total. The van der Waals surface area contributed by atoms with Gasteiger partial charge in [-0.1, -0.05) is 18.6 Å². The standard InChI is InChI=1S/C17H25NO3/c1-2-21-10-9-17(7-4-8-17)13-18-12-14-5-3-6-15(11-14)16(19)20/h3,5-6,11,18H,2,4,7-10,12-13H2,1H3,(H,19,20). The van der Waals surface area contributed by atoms with Gasteiger partial charge in [0, 0.05) is 26.3 Å². The minimum absolute atomic E-state index is 0.351. The van der Waals surface area contributed by atoms with Crippen LogP contribution in [0.2, 0.25) is 0 Å². The van der Waals surface area contributed by atoms with Crippen molar-refractivity contribution in [3.8, 4) is 0 Å². The van der Waals surface area contributed by atoms with E-state index < -0.39 is 5.97 Å². The van der Waals surface area contributed by atoms with E-state index in [9.17, 15) is 4.79 Å². The SMILES string of the molecule is CCOCCC1(CNCc2cccc(C(=O)O)c2)CCC1. The molecule has 21 heavy (non-hydrogen) atoms. The van der Waals surface area contributed by atoms with E-state index in [-0.39, 0.29) is 0 Å². The van der Waals surface area contributed by atoms with Gasteiger partial charge in [-0.05, 0) is 49.3 Å². The van der Waals surface area contributed by atoms with E-state index in [1.54, 1.807) is 18.2 Å². The van der Waals surface area contributed by atoms with E-state index in [4.69, 9.17) is 9.84 Å². The molecule has 0 aromatic heterocycles. The van der Waals surface area contributed by atoms with E-state index in [1.807, 2.05) is 13.0 Å². The van der Waals surface area contributed by atoms with Crippen molar-refractivity contribution in [2.75, 3.05) is 19.8 Å². The molecule has 0 unspecified atom stereocenters. The van der Waals surface area contributed by atoms with Gasteiger partial charge < -0.3 is 15.2 Å². The van der Waals surface area contributed by atoms with Crippen LogP contribution in [-0.2, 0) is 11.3 Å². The molecule has 0 radical (unpaired) electrons. The second-order valence-corrected chi connectivity index (χ2v) is 5.91. The number of benzene rings is 1. The molecular formula is C17H25NO3. The molecule has 1 aliphatic rings. The topological polar surface area (TPSA) is 58.6 Å². The molecule has 1 aromatic rings. The van der Waals surface area contributed by atoms with Gasteiger partial charge >= 0.3 is 5.97 Å². The first-order valence-electron chi connectivity index (χ1n) is 7.76. The minimum atomic E-state index is -0.871. The highest BCUT2D eigenvalue weighted by Gasteiger charge is 2.35. The lowest BCUT2D eigenvalue weighted by Gasteiger charge is -2.42. The lowest BCUT2D eigenvalue weighted by molar-refractivity contribution is 0.0538. The van der Waals surface area contributed by atoms with E-state index in [0.29, 0.717) is 11.0 Å². The second kappa shape index (κ2) is 7.57. The predicted molar refractivity (Wildman–Crippen MR) is 82.5 cm³/mol. The molecule has 0 amide bonds. The molecule has 1 saturated carbocycles. The van der Waals surface area contributed by atoms with Crippen LogP contribution in [0.25, 0.3) is 0 Å². The number of aromatic carboxylic acids is 1. The average Bonchev–Trinajstić information content (AvgIpc) is 2.44. The fourth-order valence-electron chi connectivity index (χ4n) is 2.91. The average molecular weight is 291 g/mol. The number of ether oxygens (including phenoxy) is 1. The first-order chi connectivity index (χ1) is 10.2. The van der Waals surface area contributed by atoms with Gasteiger partial charge in [-0.2, -0.15) is 0 Å². The smallest absolute Gasteiger partial charge is 0.335 e. The zero-order valence-electron chi connectivity index (χ0n) is 12.7. The lowest BCUT2D eigenvalue weighted by Crippen LogP contribution is -2.40. The van der Waals surface area contributed by atoms with Crippen LogP contribution in [0.4, 0.5) is 0 Å². The van der Waals surface area contributed by atoms with E-state index in [2.05, 4.69) is 5.32 Å². The quantitative estimate of drug-likeness (QED) is 0.687. The summed E-state index contributed by atoms with van der Waals surface area (Å²) >= 11 is 0. The van der Waals surface area contributed by atoms with Crippen LogP contribution in [0.3, 0.4) is 0 Å². The van der Waals surface area contributed by atoms with Gasteiger partial charge in [-0.3, -0.25) is 0 Å². The van der Waals surface area contributed by atoms with Crippen LogP contribution in [0.5, 0.6) is 0 Å². The maximum absolute atomic E-state index is 11.0. The van der Waals surface area contributed by atoms with Gasteiger partial charge in [0.05, 0.1) is 5.56 Å². The van der Waals surface area contributed by atoms with E-state index in [1.165, 1.54) is 19.3 Å². The van der Waals surface area contributed by atoms with E-state index >= 15 is 0 Å². The van der Waals surface area contributed by atoms with Crippen LogP contribution >= 0.6 is 0 Å². The summed E-state index contributed by atoms with van der Waals surface area (Å²) in [5.41, 5.74) is 1.76. The Morgan fingerprint density at radius 1 is 1.43 bits per heavy atom. The molecule has 0 aliphatic heterocycles. The maximum atomic E-state index is 11.0. The van der Waals surface area contributed by atoms with Crippen LogP contribution in [0.15, 0.2) is 24.3 Å². The Bertz CT molecular complexity index is 469. The molecule has 1 fully saturated rings. The van der Waals surface area contributed by atoms with Gasteiger partial charge in [-0.25, -0.2) is 4.79 Å². The molecule has 0 spiro atoms. The zero-order valence-corrected chi connectivity index (χ0v) is 12.7. The third-order valence-electron chi connectivity index (χ3n) is 4.40. The Hall–Kier alpha value is -1.39. The van der Waals surface area contributed by atoms with Gasteiger partial charge in [0.2, 0.25) is 0 Å². The van der Waals surface area contributed by atoms with Crippen molar-refractivity contribution in [2.45, 2.75) is 39.2 Å². The number of carbonyl (C=O) groups is 1. The predicted octanol–water partition coefficient (Wildman–Crippen LogP) is 3.07. The Morgan fingerprint density at radius 2 is 2.24 bits per heavy atom. The van der Waals surface area contributed by atoms with Crippen molar-refractivity contribution in [1.29, 1.82) is 0 Å². The maximum Gasteiger partial charge on any atom is 0.335 e. The first-order valence-corrected chi connectivity index (χ1v) is 7.76. The molecule has 0 heterocycles. The zero-order chi connectivity index (χ0) is 15.1. The molecular weight excluding hydrogens is 266 g/mol. The largest absolute Gasteiger partial charge is 0.478 e. The number of carboxylic acid groups (broad SMARTS) is 1. The van der Waals surface area contributed by atoms with Crippen molar-refractivity contribution in [1.82, 2.24) is 5.32 Å². The molecule has 116 valence electrons. The van der Waals surface area contributed by atoms with E-state index in [0.717, 1.165) is 38.3 Å². The van der Waals surface area contributed by atoms with Crippen LogP contribution in [-0.4, -0.2) is 30.8 Å². The molecule has 4 nitrogen and oxygen atoms in total. The number of carboxylic acids is 1. The van der Waals surface area contributed by atoms with Crippen LogP contribution < -0.4 is 5.32 Å². The summed E-state index contributed by atoms with van der Waals surface area (Å²) in [6.45, 7) is 5.36. The van der Waals surface area contributed by atoms with Crippen LogP contribution in [0, 0.1) is 5.41 Å². The molecule has 0 atom stereocenters. The Morgan fingerprint density at radius 3 is 2.86 bits per heavy atom. The fourth-order valence-corrected chi connectivity index (χ4v) is 2.91. The molecule has 1 aliphatic carbocycles. The number of hydrogen-bond acceptors (Lipinski definition) is 3. The third-order valence-corrected chi connectivity index (χ3v) is 4.40. The molecule has 0 saturated heterocycles. The highest BCUT2D eigenvalue weighted by molar-refractivity contribution is 5.87. The third kappa shape index (κ3) is 4.55. The Kier molecular flexibility index (Phi) is 5.76. The Labute approximate surface area is 126 Å². The summed E-state index contributed by atoms with van der Waals surface area (Å²) in [4.78, 5) is 11.0. The van der Waals surface area contributed by atoms with Crippen LogP contribution in [0.1, 0.15) is 48.5 Å². The van der Waals surface area contributed by atoms with Crippen molar-refractivity contribution in [3.63, 3.8) is 0 Å². The van der Waals surface area contributed by atoms with Gasteiger partial charge in [-0.15, -0.1) is 0 Å². The number of rotatable bonds is 9. The highest BCUT2D eigenvalue weighted by atomic mass is 16.5. The molecule has 0 bridgehead atoms. The molecule has 2 rings (SSSR count). The van der Waals surface area contributed by atoms with Crippen molar-refractivity contribution < 1.29 is 14.6 Å². The normalized spacial score (nSPS) is 16.4. The monoisotopic (exact) mass is 291 g/mol. The summed E-state index contributed by atoms with van der Waals surface area (Å²) in [5.74, 6) is -0.871. The summed E-state index contributed by atoms with van der Waals surface area (Å²) in [6.07, 6.45) is 4.95. The minimum Gasteiger partial charge on any atom is -0.478 e. The van der Waals surface area contributed by atoms with Crippen molar-refractivity contribution in [3.05, 3.63) is 35.4 Å². The first kappa shape index (κ1) is 16.0. The fraction of sp³-hybridized carbons (Fsp3) is 0.588. The second-order valence-electron chi connectivity index (χ2n) is 5.91. The summed E-state index contributed by atoms with van der Waals surface area (Å²) in [6, 6.07) is 7.13. The van der Waals surface area contributed by atoms with Gasteiger partial charge in [0.25, 0.3) is 0 Å².